The molecule has 5 unspecified atom stereocenters. The van der Waals surface area contributed by atoms with E-state index in [1.807, 2.05) is 0 Å². The monoisotopic (exact) mass is 330 g/mol. The van der Waals surface area contributed by atoms with Crippen LogP contribution in [0.25, 0.3) is 0 Å². The van der Waals surface area contributed by atoms with E-state index in [1.54, 1.807) is 0 Å². The van der Waals surface area contributed by atoms with Gasteiger partial charge in [0.05, 0.1) is 17.9 Å². The normalized spacial score (nSPS) is 40.4. The minimum atomic E-state index is -0.876. The molecule has 0 amide bonds. The molecule has 2 saturated carbocycles. The molecule has 3 fully saturated rings. The zero-order valence-electron chi connectivity index (χ0n) is 13.5. The number of alkyl halides is 1. The summed E-state index contributed by atoms with van der Waals surface area (Å²) in [5.41, 5.74) is -0.472. The lowest BCUT2D eigenvalue weighted by Crippen LogP contribution is -2.37. The Bertz CT molecular complexity index is 436. The molecule has 5 atom stereocenters. The van der Waals surface area contributed by atoms with Crippen LogP contribution in [0.2, 0.25) is 0 Å². The number of hydrogen-bond acceptors (Lipinski definition) is 4. The van der Waals surface area contributed by atoms with Crippen LogP contribution in [0.15, 0.2) is 0 Å². The van der Waals surface area contributed by atoms with E-state index in [1.165, 1.54) is 0 Å². The maximum absolute atomic E-state index is 12.6. The van der Waals surface area contributed by atoms with Crippen LogP contribution in [0.4, 0.5) is 0 Å². The maximum Gasteiger partial charge on any atom is 0.313 e. The molecule has 1 aliphatic heterocycles. The molecule has 2 aliphatic carbocycles. The molecule has 5 heteroatoms. The number of carbonyl (C=O) groups is 1. The second kappa shape index (κ2) is 5.95. The number of carbonyl (C=O) groups excluding carboxylic acids is 1. The van der Waals surface area contributed by atoms with Crippen molar-refractivity contribution in [2.75, 3.05) is 12.5 Å². The Labute approximate surface area is 137 Å². The van der Waals surface area contributed by atoms with Crippen LogP contribution in [0.3, 0.4) is 0 Å². The number of halogens is 1. The first-order chi connectivity index (χ1) is 10.5. The first-order valence-corrected chi connectivity index (χ1v) is 9.11. The predicted molar refractivity (Wildman–Crippen MR) is 83.5 cm³/mol. The molecule has 1 N–H and O–H groups in total. The van der Waals surface area contributed by atoms with Crippen molar-refractivity contribution in [2.24, 2.45) is 23.2 Å². The summed E-state index contributed by atoms with van der Waals surface area (Å²) in [6, 6.07) is 0. The topological polar surface area (TPSA) is 55.8 Å². The molecule has 0 aromatic rings. The number of fused-ring (bicyclic) bond motifs is 3. The molecule has 4 nitrogen and oxygen atoms in total. The number of aliphatic hydroxyl groups is 1. The van der Waals surface area contributed by atoms with Gasteiger partial charge in [-0.1, -0.05) is 13.8 Å². The van der Waals surface area contributed by atoms with Gasteiger partial charge in [-0.2, -0.15) is 0 Å². The molecule has 2 bridgehead atoms. The first-order valence-electron chi connectivity index (χ1n) is 8.57. The minimum Gasteiger partial charge on any atom is -0.459 e. The van der Waals surface area contributed by atoms with E-state index >= 15 is 0 Å². The van der Waals surface area contributed by atoms with Gasteiger partial charge >= 0.3 is 5.97 Å². The average molecular weight is 331 g/mol. The third kappa shape index (κ3) is 2.47. The third-order valence-corrected chi connectivity index (χ3v) is 6.79. The summed E-state index contributed by atoms with van der Waals surface area (Å²) in [6.45, 7) is 4.78. The molecular formula is C17H27ClO4. The van der Waals surface area contributed by atoms with Crippen molar-refractivity contribution in [1.29, 1.82) is 0 Å². The minimum absolute atomic E-state index is 0.0452. The summed E-state index contributed by atoms with van der Waals surface area (Å²) in [5, 5.41) is 9.44. The van der Waals surface area contributed by atoms with Crippen LogP contribution < -0.4 is 0 Å². The highest BCUT2D eigenvalue weighted by atomic mass is 35.5. The highest BCUT2D eigenvalue weighted by Gasteiger charge is 2.65. The van der Waals surface area contributed by atoms with Crippen LogP contribution in [0.5, 0.6) is 0 Å². The SMILES string of the molecule is CCC1(CC)CC2(CC3CC2CC3COC(O)CCl)C(=O)O1. The number of cyclic esters (lactones) is 1. The smallest absolute Gasteiger partial charge is 0.313 e. The standard InChI is InChI=1S/C17H27ClO4/c1-3-16(4-2)10-17(15(20)22-16)7-11-5-13(17)6-12(11)9-21-14(19)8-18/h11-14,19H,3-10H2,1-2H3. The molecule has 1 heterocycles. The van der Waals surface area contributed by atoms with E-state index in [2.05, 4.69) is 13.8 Å². The zero-order valence-corrected chi connectivity index (χ0v) is 14.3. The summed E-state index contributed by atoms with van der Waals surface area (Å²) < 4.78 is 11.3. The van der Waals surface area contributed by atoms with Gasteiger partial charge in [-0.05, 0) is 49.9 Å². The van der Waals surface area contributed by atoms with Crippen LogP contribution in [-0.4, -0.2) is 35.5 Å². The van der Waals surface area contributed by atoms with Crippen molar-refractivity contribution in [3.63, 3.8) is 0 Å². The van der Waals surface area contributed by atoms with Crippen molar-refractivity contribution in [3.05, 3.63) is 0 Å². The Balaban J connectivity index is 1.65. The Morgan fingerprint density at radius 3 is 2.64 bits per heavy atom. The summed E-state index contributed by atoms with van der Waals surface area (Å²) in [4.78, 5) is 12.6. The van der Waals surface area contributed by atoms with Gasteiger partial charge in [0.15, 0.2) is 6.29 Å². The maximum atomic E-state index is 12.6. The Morgan fingerprint density at radius 1 is 1.41 bits per heavy atom. The van der Waals surface area contributed by atoms with E-state index in [-0.39, 0.29) is 22.9 Å². The summed E-state index contributed by atoms with van der Waals surface area (Å²) >= 11 is 5.56. The molecular weight excluding hydrogens is 304 g/mol. The lowest BCUT2D eigenvalue weighted by atomic mass is 9.66. The molecule has 1 spiro atoms. The predicted octanol–water partition coefficient (Wildman–Crippen LogP) is 3.10. The van der Waals surface area contributed by atoms with E-state index in [4.69, 9.17) is 21.1 Å². The lowest BCUT2D eigenvalue weighted by Gasteiger charge is -2.34. The lowest BCUT2D eigenvalue weighted by molar-refractivity contribution is -0.157. The average Bonchev–Trinajstić information content (AvgIpc) is 3.17. The van der Waals surface area contributed by atoms with Crippen molar-refractivity contribution < 1.29 is 19.4 Å². The third-order valence-electron chi connectivity index (χ3n) is 6.53. The molecule has 0 aromatic heterocycles. The van der Waals surface area contributed by atoms with Crippen LogP contribution in [0, 0.1) is 23.2 Å². The van der Waals surface area contributed by atoms with Gasteiger partial charge in [0.25, 0.3) is 0 Å². The quantitative estimate of drug-likeness (QED) is 0.462. The van der Waals surface area contributed by atoms with Crippen molar-refractivity contribution >= 4 is 17.6 Å². The van der Waals surface area contributed by atoms with E-state index < -0.39 is 6.29 Å². The largest absolute Gasteiger partial charge is 0.459 e. The van der Waals surface area contributed by atoms with Crippen molar-refractivity contribution in [3.8, 4) is 0 Å². The van der Waals surface area contributed by atoms with Gasteiger partial charge in [0, 0.05) is 6.42 Å². The van der Waals surface area contributed by atoms with Gasteiger partial charge in [-0.15, -0.1) is 11.6 Å². The van der Waals surface area contributed by atoms with Crippen LogP contribution in [-0.2, 0) is 14.3 Å². The molecule has 3 aliphatic rings. The van der Waals surface area contributed by atoms with Gasteiger partial charge in [0.1, 0.15) is 5.60 Å². The Kier molecular flexibility index (Phi) is 4.47. The van der Waals surface area contributed by atoms with Crippen molar-refractivity contribution in [1.82, 2.24) is 0 Å². The number of rotatable bonds is 6. The molecule has 1 saturated heterocycles. The fraction of sp³-hybridized carbons (Fsp3) is 0.941. The molecule has 22 heavy (non-hydrogen) atoms. The highest BCUT2D eigenvalue weighted by Crippen LogP contribution is 2.65. The van der Waals surface area contributed by atoms with Gasteiger partial charge in [-0.3, -0.25) is 4.79 Å². The second-order valence-corrected chi connectivity index (χ2v) is 7.76. The van der Waals surface area contributed by atoms with Gasteiger partial charge in [0.2, 0.25) is 0 Å². The van der Waals surface area contributed by atoms with Crippen LogP contribution >= 0.6 is 11.6 Å². The van der Waals surface area contributed by atoms with E-state index in [9.17, 15) is 9.90 Å². The summed E-state index contributed by atoms with van der Waals surface area (Å²) in [6.07, 6.45) is 4.88. The molecule has 0 radical (unpaired) electrons. The Hall–Kier alpha value is -0.320. The number of hydrogen-bond donors (Lipinski definition) is 1. The van der Waals surface area contributed by atoms with Gasteiger partial charge < -0.3 is 14.6 Å². The molecule has 3 rings (SSSR count). The van der Waals surface area contributed by atoms with E-state index in [0.717, 1.165) is 38.5 Å². The number of ether oxygens (including phenoxy) is 2. The fourth-order valence-electron chi connectivity index (χ4n) is 5.12. The van der Waals surface area contributed by atoms with Crippen LogP contribution in [0.1, 0.15) is 52.4 Å². The number of aliphatic hydroxyl groups excluding tert-OH is 1. The first kappa shape index (κ1) is 16.5. The second-order valence-electron chi connectivity index (χ2n) is 7.45. The highest BCUT2D eigenvalue weighted by molar-refractivity contribution is 6.18. The van der Waals surface area contributed by atoms with E-state index in [0.29, 0.717) is 24.4 Å². The van der Waals surface area contributed by atoms with Crippen molar-refractivity contribution in [2.45, 2.75) is 64.3 Å². The summed E-state index contributed by atoms with van der Waals surface area (Å²) in [7, 11) is 0. The molecule has 0 aromatic carbocycles. The van der Waals surface area contributed by atoms with Gasteiger partial charge in [-0.25, -0.2) is 0 Å². The summed E-state index contributed by atoms with van der Waals surface area (Å²) in [5.74, 6) is 1.53. The molecule has 126 valence electrons. The number of esters is 1. The fourth-order valence-corrected chi connectivity index (χ4v) is 5.21. The zero-order chi connectivity index (χ0) is 16.0. The Morgan fingerprint density at radius 2 is 2.14 bits per heavy atom.